The number of aryl methyl sites for hydroxylation is 1. The van der Waals surface area contributed by atoms with Gasteiger partial charge in [-0.15, -0.1) is 0 Å². The quantitative estimate of drug-likeness (QED) is 0.264. The lowest BCUT2D eigenvalue weighted by Gasteiger charge is -2.35. The molecular weight excluding hydrogens is 488 g/mol. The Labute approximate surface area is 235 Å². The maximum atomic E-state index is 13.6. The molecule has 212 valence electrons. The molecule has 1 amide bonds. The molecule has 2 rings (SSSR count). The number of carbonyl (C=O) groups excluding carboxylic acids is 1. The molecule has 1 heterocycles. The highest BCUT2D eigenvalue weighted by atomic mass is 16.5. The third-order valence-corrected chi connectivity index (χ3v) is 8.36. The first-order chi connectivity index (χ1) is 18.7. The molecule has 1 aromatic heterocycles. The molecule has 0 spiro atoms. The molecule has 0 aliphatic heterocycles. The van der Waals surface area contributed by atoms with Crippen LogP contribution in [0, 0.1) is 29.6 Å². The molecule has 0 atom stereocenters. The van der Waals surface area contributed by atoms with Crippen LogP contribution in [0.25, 0.3) is 0 Å². The molecular formula is C32H46N4O3. The standard InChI is InChI=1S/C32H46N4O3/c1-7-31(38,8-2)18-23-39-28-16-14-26(24-25(28)6)32(9-3,10-4)29-17-15-27(36(29)11-5)30(37)35(21-12-19-33)22-13-20-34/h14-17,24,38H,7-13,18,21-23H2,1-6H3. The molecule has 2 aromatic rings. The Morgan fingerprint density at radius 3 is 2.08 bits per heavy atom. The largest absolute Gasteiger partial charge is 0.493 e. The van der Waals surface area contributed by atoms with Gasteiger partial charge in [0, 0.05) is 37.2 Å². The summed E-state index contributed by atoms with van der Waals surface area (Å²) in [5.74, 6) is 0.676. The molecule has 7 heteroatoms. The van der Waals surface area contributed by atoms with Crippen LogP contribution in [0.15, 0.2) is 30.3 Å². The molecule has 0 saturated heterocycles. The van der Waals surface area contributed by atoms with Crippen molar-refractivity contribution in [2.75, 3.05) is 19.7 Å². The maximum absolute atomic E-state index is 13.6. The number of amides is 1. The zero-order chi connectivity index (χ0) is 29.1. The van der Waals surface area contributed by atoms with Gasteiger partial charge in [-0.25, -0.2) is 0 Å². The Morgan fingerprint density at radius 1 is 0.974 bits per heavy atom. The predicted octanol–water partition coefficient (Wildman–Crippen LogP) is 6.51. The predicted molar refractivity (Wildman–Crippen MR) is 155 cm³/mol. The van der Waals surface area contributed by atoms with E-state index < -0.39 is 5.60 Å². The van der Waals surface area contributed by atoms with E-state index in [1.165, 1.54) is 5.56 Å². The number of aromatic nitrogens is 1. The van der Waals surface area contributed by atoms with Crippen molar-refractivity contribution in [2.45, 2.75) is 104 Å². The fourth-order valence-corrected chi connectivity index (χ4v) is 5.49. The maximum Gasteiger partial charge on any atom is 0.270 e. The Hall–Kier alpha value is -3.29. The van der Waals surface area contributed by atoms with Gasteiger partial charge in [0.05, 0.1) is 37.2 Å². The van der Waals surface area contributed by atoms with E-state index in [0.717, 1.165) is 29.8 Å². The Balaban J connectivity index is 2.43. The Kier molecular flexibility index (Phi) is 12.1. The van der Waals surface area contributed by atoms with Gasteiger partial charge in [-0.3, -0.25) is 4.79 Å². The van der Waals surface area contributed by atoms with Crippen molar-refractivity contribution in [3.05, 3.63) is 52.8 Å². The second-order valence-electron chi connectivity index (χ2n) is 10.3. The Bertz CT molecular complexity index is 1150. The first-order valence-electron chi connectivity index (χ1n) is 14.4. The first kappa shape index (κ1) is 31.9. The summed E-state index contributed by atoms with van der Waals surface area (Å²) in [6.45, 7) is 14.2. The lowest BCUT2D eigenvalue weighted by atomic mass is 9.72. The molecule has 0 saturated carbocycles. The third-order valence-electron chi connectivity index (χ3n) is 8.36. The normalized spacial score (nSPS) is 11.6. The van der Waals surface area contributed by atoms with E-state index in [1.54, 1.807) is 4.90 Å². The van der Waals surface area contributed by atoms with Crippen LogP contribution in [0.3, 0.4) is 0 Å². The summed E-state index contributed by atoms with van der Waals surface area (Å²) in [4.78, 5) is 15.2. The minimum atomic E-state index is -0.688. The number of rotatable bonds is 16. The summed E-state index contributed by atoms with van der Waals surface area (Å²) >= 11 is 0. The third kappa shape index (κ3) is 7.22. The van der Waals surface area contributed by atoms with E-state index >= 15 is 0 Å². The van der Waals surface area contributed by atoms with E-state index in [0.29, 0.717) is 51.2 Å². The molecule has 0 unspecified atom stereocenters. The average Bonchev–Trinajstić information content (AvgIpc) is 3.39. The van der Waals surface area contributed by atoms with Gasteiger partial charge in [0.1, 0.15) is 11.4 Å². The van der Waals surface area contributed by atoms with E-state index in [9.17, 15) is 9.90 Å². The number of benzene rings is 1. The summed E-state index contributed by atoms with van der Waals surface area (Å²) in [7, 11) is 0. The van der Waals surface area contributed by atoms with E-state index in [4.69, 9.17) is 15.3 Å². The second-order valence-corrected chi connectivity index (χ2v) is 10.3. The SMILES string of the molecule is CCn1c(C(=O)N(CCC#N)CCC#N)ccc1C(CC)(CC)c1ccc(OCCC(O)(CC)CC)c(C)c1. The van der Waals surface area contributed by atoms with Crippen molar-refractivity contribution in [3.8, 4) is 17.9 Å². The molecule has 0 radical (unpaired) electrons. The Morgan fingerprint density at radius 2 is 1.59 bits per heavy atom. The van der Waals surface area contributed by atoms with Gasteiger partial charge < -0.3 is 19.3 Å². The van der Waals surface area contributed by atoms with Crippen LogP contribution in [-0.2, 0) is 12.0 Å². The topological polar surface area (TPSA) is 102 Å². The fraction of sp³-hybridized carbons (Fsp3) is 0.594. The highest BCUT2D eigenvalue weighted by Crippen LogP contribution is 2.41. The summed E-state index contributed by atoms with van der Waals surface area (Å²) in [6, 6.07) is 14.5. The van der Waals surface area contributed by atoms with Crippen molar-refractivity contribution >= 4 is 5.91 Å². The minimum Gasteiger partial charge on any atom is -0.493 e. The smallest absolute Gasteiger partial charge is 0.270 e. The van der Waals surface area contributed by atoms with E-state index in [1.807, 2.05) is 32.9 Å². The summed E-state index contributed by atoms with van der Waals surface area (Å²) in [5, 5.41) is 28.7. The van der Waals surface area contributed by atoms with Crippen molar-refractivity contribution in [1.29, 1.82) is 10.5 Å². The van der Waals surface area contributed by atoms with Crippen LogP contribution in [0.2, 0.25) is 0 Å². The van der Waals surface area contributed by atoms with Gasteiger partial charge in [0.15, 0.2) is 0 Å². The van der Waals surface area contributed by atoms with E-state index in [-0.39, 0.29) is 24.2 Å². The minimum absolute atomic E-state index is 0.145. The van der Waals surface area contributed by atoms with Crippen molar-refractivity contribution in [1.82, 2.24) is 9.47 Å². The van der Waals surface area contributed by atoms with Gasteiger partial charge in [0.2, 0.25) is 0 Å². The molecule has 0 aliphatic rings. The molecule has 1 N–H and O–H groups in total. The summed E-state index contributed by atoms with van der Waals surface area (Å²) < 4.78 is 8.18. The number of ether oxygens (including phenoxy) is 1. The number of hydrogen-bond acceptors (Lipinski definition) is 5. The lowest BCUT2D eigenvalue weighted by molar-refractivity contribution is 0.0116. The van der Waals surface area contributed by atoms with Crippen LogP contribution in [-0.4, -0.2) is 45.8 Å². The molecule has 7 nitrogen and oxygen atoms in total. The second kappa shape index (κ2) is 14.8. The van der Waals surface area contributed by atoms with Crippen molar-refractivity contribution in [2.24, 2.45) is 0 Å². The van der Waals surface area contributed by atoms with Crippen LogP contribution in [0.4, 0.5) is 0 Å². The monoisotopic (exact) mass is 534 g/mol. The zero-order valence-electron chi connectivity index (χ0n) is 24.7. The molecule has 0 fully saturated rings. The van der Waals surface area contributed by atoms with Crippen LogP contribution in [0.1, 0.15) is 107 Å². The molecule has 0 aliphatic carbocycles. The van der Waals surface area contributed by atoms with Crippen molar-refractivity contribution in [3.63, 3.8) is 0 Å². The first-order valence-corrected chi connectivity index (χ1v) is 14.4. The average molecular weight is 535 g/mol. The number of aliphatic hydroxyl groups is 1. The molecule has 0 bridgehead atoms. The molecule has 39 heavy (non-hydrogen) atoms. The highest BCUT2D eigenvalue weighted by molar-refractivity contribution is 5.93. The van der Waals surface area contributed by atoms with E-state index in [2.05, 4.69) is 55.7 Å². The van der Waals surface area contributed by atoms with Gasteiger partial charge in [-0.05, 0) is 68.9 Å². The number of hydrogen-bond donors (Lipinski definition) is 1. The van der Waals surface area contributed by atoms with Gasteiger partial charge in [-0.1, -0.05) is 39.8 Å². The summed E-state index contributed by atoms with van der Waals surface area (Å²) in [6.07, 6.45) is 4.17. The molecule has 1 aromatic carbocycles. The van der Waals surface area contributed by atoms with Crippen LogP contribution < -0.4 is 4.74 Å². The van der Waals surface area contributed by atoms with Crippen molar-refractivity contribution < 1.29 is 14.6 Å². The van der Waals surface area contributed by atoms with Crippen LogP contribution >= 0.6 is 0 Å². The lowest BCUT2D eigenvalue weighted by Crippen LogP contribution is -2.35. The number of nitriles is 2. The number of carbonyl (C=O) groups is 1. The van der Waals surface area contributed by atoms with Crippen LogP contribution in [0.5, 0.6) is 5.75 Å². The summed E-state index contributed by atoms with van der Waals surface area (Å²) in [5.41, 5.74) is 2.90. The van der Waals surface area contributed by atoms with Gasteiger partial charge in [-0.2, -0.15) is 10.5 Å². The van der Waals surface area contributed by atoms with Gasteiger partial charge in [0.25, 0.3) is 5.91 Å². The fourth-order valence-electron chi connectivity index (χ4n) is 5.49. The number of nitrogens with zero attached hydrogens (tertiary/aromatic N) is 4. The highest BCUT2D eigenvalue weighted by Gasteiger charge is 2.35. The van der Waals surface area contributed by atoms with Gasteiger partial charge >= 0.3 is 0 Å². The zero-order valence-corrected chi connectivity index (χ0v) is 24.7.